The molecule has 0 bridgehead atoms. The number of benzene rings is 9. The lowest BCUT2D eigenvalue weighted by Gasteiger charge is -2.35. The molecule has 3 nitrogen and oxygen atoms in total. The van der Waals surface area contributed by atoms with E-state index in [9.17, 15) is 0 Å². The Balaban J connectivity index is 1.17. The van der Waals surface area contributed by atoms with E-state index in [4.69, 9.17) is 0 Å². The molecule has 9 aromatic carbocycles. The van der Waals surface area contributed by atoms with Gasteiger partial charge >= 0.3 is 0 Å². The summed E-state index contributed by atoms with van der Waals surface area (Å²) in [6, 6.07) is 58.0. The molecular weight excluding hydrogens is 870 g/mol. The lowest BCUT2D eigenvalue weighted by Crippen LogP contribution is -2.59. The molecule has 4 heteroatoms. The Morgan fingerprint density at radius 1 is 0.333 bits per heavy atom. The van der Waals surface area contributed by atoms with Gasteiger partial charge in [0, 0.05) is 49.2 Å². The van der Waals surface area contributed by atoms with Gasteiger partial charge in [-0.15, -0.1) is 0 Å². The van der Waals surface area contributed by atoms with Gasteiger partial charge in [-0.05, 0) is 154 Å². The molecule has 0 amide bonds. The summed E-state index contributed by atoms with van der Waals surface area (Å²) in [5.41, 5.74) is 26.2. The highest BCUT2D eigenvalue weighted by molar-refractivity contribution is 7.00. The fraction of sp³-hybridized carbons (Fsp3) is 0.235. The summed E-state index contributed by atoms with van der Waals surface area (Å²) in [5, 5.41) is 10.7. The predicted molar refractivity (Wildman–Crippen MR) is 311 cm³/mol. The van der Waals surface area contributed by atoms with Crippen LogP contribution in [0.3, 0.4) is 0 Å². The monoisotopic (exact) mass is 929 g/mol. The van der Waals surface area contributed by atoms with Gasteiger partial charge in [0.1, 0.15) is 0 Å². The summed E-state index contributed by atoms with van der Waals surface area (Å²) in [4.78, 5) is 0. The van der Waals surface area contributed by atoms with E-state index in [2.05, 4.69) is 242 Å². The van der Waals surface area contributed by atoms with Gasteiger partial charge in [0.25, 0.3) is 6.71 Å². The normalized spacial score (nSPS) is 14.1. The van der Waals surface area contributed by atoms with Gasteiger partial charge in [-0.2, -0.15) is 0 Å². The number of aromatic nitrogens is 3. The van der Waals surface area contributed by atoms with Gasteiger partial charge in [0.15, 0.2) is 0 Å². The third kappa shape index (κ3) is 5.38. The molecule has 0 fully saturated rings. The average molecular weight is 930 g/mol. The van der Waals surface area contributed by atoms with Crippen LogP contribution >= 0.6 is 0 Å². The molecule has 0 N–H and O–H groups in total. The van der Waals surface area contributed by atoms with Crippen molar-refractivity contribution in [1.29, 1.82) is 0 Å². The van der Waals surface area contributed by atoms with E-state index in [1.165, 1.54) is 154 Å². The van der Waals surface area contributed by atoms with Crippen LogP contribution in [-0.2, 0) is 21.7 Å². The standard InChI is InChI=1S/C68H60BN3/c1-65(2,3)38-21-27-53-47(30-38)48-31-39(66(4,5)6)22-28-54(48)70(53)42-35-57-62-58(36-42)72-56-26-20-37-16-15-19-45-43-17-13-14-18-44(43)46-24-25-51(64(72)60(46)61(56)59(37)45)69(62)52-34-41(68(10,11)12)33-50-49-32-40(67(7,8)9)23-29-55(49)71(57)63(50)52/h13-36H,1-12H3. The topological polar surface area (TPSA) is 14.8 Å². The van der Waals surface area contributed by atoms with Crippen molar-refractivity contribution in [2.24, 2.45) is 0 Å². The molecule has 15 rings (SSSR count). The maximum atomic E-state index is 2.70. The van der Waals surface area contributed by atoms with Crippen LogP contribution in [0.25, 0.3) is 116 Å². The Morgan fingerprint density at radius 3 is 1.39 bits per heavy atom. The van der Waals surface area contributed by atoms with Crippen molar-refractivity contribution in [1.82, 2.24) is 13.7 Å². The summed E-state index contributed by atoms with van der Waals surface area (Å²) in [6.45, 7) is 28.2. The first-order valence-corrected chi connectivity index (χ1v) is 26.3. The van der Waals surface area contributed by atoms with E-state index < -0.39 is 0 Å². The van der Waals surface area contributed by atoms with Crippen LogP contribution in [0.2, 0.25) is 0 Å². The fourth-order valence-corrected chi connectivity index (χ4v) is 13.6. The minimum absolute atomic E-state index is 0.00248. The highest BCUT2D eigenvalue weighted by Gasteiger charge is 2.43. The first-order chi connectivity index (χ1) is 34.3. The fourth-order valence-electron chi connectivity index (χ4n) is 13.6. The Kier molecular flexibility index (Phi) is 7.89. The molecule has 2 aliphatic heterocycles. The zero-order chi connectivity index (χ0) is 49.4. The second-order valence-corrected chi connectivity index (χ2v) is 25.8. The van der Waals surface area contributed by atoms with E-state index >= 15 is 0 Å². The minimum atomic E-state index is -0.0650. The Labute approximate surface area is 422 Å². The van der Waals surface area contributed by atoms with Crippen LogP contribution in [0.1, 0.15) is 105 Å². The van der Waals surface area contributed by atoms with Gasteiger partial charge in [0.05, 0.1) is 33.3 Å². The third-order valence-corrected chi connectivity index (χ3v) is 17.3. The molecule has 72 heavy (non-hydrogen) atoms. The molecule has 0 saturated heterocycles. The molecular formula is C68H60BN3. The predicted octanol–water partition coefficient (Wildman–Crippen LogP) is 16.1. The maximum Gasteiger partial charge on any atom is 0.252 e. The highest BCUT2D eigenvalue weighted by Crippen LogP contribution is 2.51. The van der Waals surface area contributed by atoms with Gasteiger partial charge in [-0.1, -0.05) is 168 Å². The van der Waals surface area contributed by atoms with Crippen molar-refractivity contribution >= 4 is 99.3 Å². The largest absolute Gasteiger partial charge is 0.310 e. The zero-order valence-electron chi connectivity index (χ0n) is 43.8. The molecule has 3 aliphatic rings. The molecule has 0 atom stereocenters. The van der Waals surface area contributed by atoms with Crippen molar-refractivity contribution in [3.05, 3.63) is 168 Å². The van der Waals surface area contributed by atoms with Gasteiger partial charge in [-0.3, -0.25) is 0 Å². The third-order valence-electron chi connectivity index (χ3n) is 17.3. The highest BCUT2D eigenvalue weighted by atomic mass is 15.1. The van der Waals surface area contributed by atoms with Gasteiger partial charge in [-0.25, -0.2) is 0 Å². The number of nitrogens with zero attached hydrogens (tertiary/aromatic N) is 3. The molecule has 350 valence electrons. The zero-order valence-corrected chi connectivity index (χ0v) is 43.8. The second kappa shape index (κ2) is 13.4. The average Bonchev–Trinajstić information content (AvgIpc) is 3.96. The number of hydrogen-bond donors (Lipinski definition) is 0. The van der Waals surface area contributed by atoms with Gasteiger partial charge in [0.2, 0.25) is 0 Å². The quantitative estimate of drug-likeness (QED) is 0.146. The number of fused-ring (bicyclic) bond motifs is 14. The number of hydrogen-bond acceptors (Lipinski definition) is 0. The van der Waals surface area contributed by atoms with E-state index in [1.54, 1.807) is 0 Å². The summed E-state index contributed by atoms with van der Waals surface area (Å²) < 4.78 is 7.97. The second-order valence-electron chi connectivity index (χ2n) is 25.8. The molecule has 3 aromatic heterocycles. The van der Waals surface area contributed by atoms with Crippen LogP contribution in [0.5, 0.6) is 0 Å². The lowest BCUT2D eigenvalue weighted by atomic mass is 9.34. The summed E-state index contributed by atoms with van der Waals surface area (Å²) in [7, 11) is 0. The lowest BCUT2D eigenvalue weighted by molar-refractivity contribution is 0.590. The van der Waals surface area contributed by atoms with Crippen molar-refractivity contribution < 1.29 is 0 Å². The van der Waals surface area contributed by atoms with Crippen LogP contribution in [0.15, 0.2) is 146 Å². The van der Waals surface area contributed by atoms with Crippen molar-refractivity contribution in [3.8, 4) is 39.3 Å². The van der Waals surface area contributed by atoms with Crippen molar-refractivity contribution in [2.45, 2.75) is 105 Å². The van der Waals surface area contributed by atoms with Crippen LogP contribution in [0, 0.1) is 0 Å². The van der Waals surface area contributed by atoms with E-state index in [-0.39, 0.29) is 28.4 Å². The molecule has 5 heterocycles. The van der Waals surface area contributed by atoms with Crippen LogP contribution in [0.4, 0.5) is 0 Å². The molecule has 0 saturated carbocycles. The summed E-state index contributed by atoms with van der Waals surface area (Å²) in [6.07, 6.45) is 0. The Bertz CT molecular complexity index is 4410. The SMILES string of the molecule is CC(C)(C)c1ccc2c(c1)c1cc(C(C)(C)C)ccc1n2-c1cc2c3c(c1)-n1c4ccc5cccc6c5c4c4c(ccc(c41)B3c1cc(C(C)(C)C)cc3c4cc(C(C)(C)C)ccc4n-2c13)-c1ccccc1-6. The number of rotatable bonds is 1. The van der Waals surface area contributed by atoms with E-state index in [0.717, 1.165) is 0 Å². The van der Waals surface area contributed by atoms with Gasteiger partial charge < -0.3 is 13.7 Å². The first-order valence-electron chi connectivity index (χ1n) is 26.3. The summed E-state index contributed by atoms with van der Waals surface area (Å²) in [5.74, 6) is 0. The van der Waals surface area contributed by atoms with E-state index in [1.807, 2.05) is 0 Å². The van der Waals surface area contributed by atoms with Crippen molar-refractivity contribution in [2.75, 3.05) is 0 Å². The smallest absolute Gasteiger partial charge is 0.252 e. The van der Waals surface area contributed by atoms with Crippen molar-refractivity contribution in [3.63, 3.8) is 0 Å². The summed E-state index contributed by atoms with van der Waals surface area (Å²) >= 11 is 0. The molecule has 0 radical (unpaired) electrons. The molecule has 1 aliphatic carbocycles. The molecule has 12 aromatic rings. The molecule has 0 spiro atoms. The van der Waals surface area contributed by atoms with Crippen LogP contribution < -0.4 is 16.4 Å². The first kappa shape index (κ1) is 42.4. The van der Waals surface area contributed by atoms with E-state index in [0.29, 0.717) is 0 Å². The minimum Gasteiger partial charge on any atom is -0.310 e. The maximum absolute atomic E-state index is 2.70. The molecule has 0 unspecified atom stereocenters. The Hall–Kier alpha value is -7.30. The van der Waals surface area contributed by atoms with Crippen LogP contribution in [-0.4, -0.2) is 20.4 Å². The Morgan fingerprint density at radius 2 is 0.819 bits per heavy atom.